The van der Waals surface area contributed by atoms with Gasteiger partial charge < -0.3 is 26.4 Å². The normalized spacial score (nSPS) is 21.8. The van der Waals surface area contributed by atoms with Gasteiger partial charge in [0.2, 0.25) is 17.8 Å². The van der Waals surface area contributed by atoms with Crippen LogP contribution in [0.5, 0.6) is 5.75 Å². The van der Waals surface area contributed by atoms with E-state index in [0.29, 0.717) is 46.6 Å². The Labute approximate surface area is 201 Å². The van der Waals surface area contributed by atoms with Crippen molar-refractivity contribution in [1.82, 2.24) is 15.0 Å². The quantitative estimate of drug-likeness (QED) is 0.380. The average molecular weight is 474 g/mol. The van der Waals surface area contributed by atoms with Gasteiger partial charge in [-0.3, -0.25) is 0 Å². The van der Waals surface area contributed by atoms with Crippen LogP contribution in [0.2, 0.25) is 5.02 Å². The van der Waals surface area contributed by atoms with E-state index in [-0.39, 0.29) is 0 Å². The van der Waals surface area contributed by atoms with Gasteiger partial charge in [-0.05, 0) is 62.6 Å². The van der Waals surface area contributed by atoms with Crippen molar-refractivity contribution in [2.45, 2.75) is 76.3 Å². The summed E-state index contributed by atoms with van der Waals surface area (Å²) >= 11 is 6.30. The van der Waals surface area contributed by atoms with E-state index < -0.39 is 0 Å². The number of nitrogens with one attached hydrogen (secondary N) is 3. The molecule has 2 fully saturated rings. The zero-order chi connectivity index (χ0) is 23.0. The molecule has 1 aromatic heterocycles. The third-order valence-electron chi connectivity index (χ3n) is 6.67. The number of nitrogens with two attached hydrogens (primary N) is 1. The molecule has 2 saturated carbocycles. The van der Waals surface area contributed by atoms with Crippen LogP contribution in [-0.4, -0.2) is 40.7 Å². The minimum absolute atomic E-state index is 0.348. The van der Waals surface area contributed by atoms with Crippen molar-refractivity contribution in [2.75, 3.05) is 29.6 Å². The Hall–Kier alpha value is -2.32. The standard InChI is InChI=1S/C24H36ClN7O/c1-33-21-13-12-19(14-20(21)25)29-24-31-22(27-15-16-8-10-17(26)11-9-16)30-23(32-24)28-18-6-4-2-3-5-7-18/h12-14,16-18H,2-11,15,26H2,1H3,(H3,27,28,29,30,31,32). The Bertz CT molecular complexity index is 896. The molecule has 0 bridgehead atoms. The SMILES string of the molecule is COc1ccc(Nc2nc(NCC3CCC(N)CC3)nc(NC3CCCCCC3)n2)cc1Cl. The summed E-state index contributed by atoms with van der Waals surface area (Å²) in [6.07, 6.45) is 11.8. The summed E-state index contributed by atoms with van der Waals surface area (Å²) in [5.41, 5.74) is 6.85. The summed E-state index contributed by atoms with van der Waals surface area (Å²) in [7, 11) is 1.60. The highest BCUT2D eigenvalue weighted by Crippen LogP contribution is 2.29. The third-order valence-corrected chi connectivity index (χ3v) is 6.97. The second kappa shape index (κ2) is 11.7. The fourth-order valence-corrected chi connectivity index (χ4v) is 4.94. The summed E-state index contributed by atoms with van der Waals surface area (Å²) in [4.78, 5) is 14.0. The fraction of sp³-hybridized carbons (Fsp3) is 0.625. The van der Waals surface area contributed by atoms with Crippen LogP contribution in [-0.2, 0) is 0 Å². The number of hydrogen-bond acceptors (Lipinski definition) is 8. The fourth-order valence-electron chi connectivity index (χ4n) is 4.68. The van der Waals surface area contributed by atoms with Crippen LogP contribution in [0, 0.1) is 5.92 Å². The summed E-state index contributed by atoms with van der Waals surface area (Å²) in [5.74, 6) is 2.89. The number of ether oxygens (including phenoxy) is 1. The highest BCUT2D eigenvalue weighted by Gasteiger charge is 2.19. The Kier molecular flexibility index (Phi) is 8.45. The molecule has 1 heterocycles. The first-order valence-corrected chi connectivity index (χ1v) is 12.6. The van der Waals surface area contributed by atoms with Crippen LogP contribution in [0.25, 0.3) is 0 Å². The first-order chi connectivity index (χ1) is 16.1. The van der Waals surface area contributed by atoms with Crippen molar-refractivity contribution >= 4 is 35.1 Å². The van der Waals surface area contributed by atoms with Crippen molar-refractivity contribution < 1.29 is 4.74 Å². The molecule has 0 saturated heterocycles. The maximum atomic E-state index is 6.30. The molecule has 0 unspecified atom stereocenters. The molecule has 0 aliphatic heterocycles. The lowest BCUT2D eigenvalue weighted by atomic mass is 9.86. The van der Waals surface area contributed by atoms with Crippen LogP contribution in [0.4, 0.5) is 23.5 Å². The van der Waals surface area contributed by atoms with Gasteiger partial charge in [0, 0.05) is 24.3 Å². The number of aromatic nitrogens is 3. The van der Waals surface area contributed by atoms with Gasteiger partial charge in [0.1, 0.15) is 5.75 Å². The molecular weight excluding hydrogens is 438 g/mol. The molecule has 0 amide bonds. The number of nitrogens with zero attached hydrogens (tertiary/aromatic N) is 3. The van der Waals surface area contributed by atoms with Gasteiger partial charge in [-0.2, -0.15) is 15.0 Å². The van der Waals surface area contributed by atoms with Crippen LogP contribution < -0.4 is 26.4 Å². The van der Waals surface area contributed by atoms with Gasteiger partial charge in [0.05, 0.1) is 12.1 Å². The van der Waals surface area contributed by atoms with Gasteiger partial charge in [0.25, 0.3) is 0 Å². The maximum Gasteiger partial charge on any atom is 0.233 e. The molecule has 8 nitrogen and oxygen atoms in total. The topological polar surface area (TPSA) is 110 Å². The molecule has 2 aliphatic carbocycles. The second-order valence-corrected chi connectivity index (χ2v) is 9.68. The summed E-state index contributed by atoms with van der Waals surface area (Å²) in [6.45, 7) is 0.841. The van der Waals surface area contributed by atoms with Gasteiger partial charge in [-0.15, -0.1) is 0 Å². The lowest BCUT2D eigenvalue weighted by Crippen LogP contribution is -2.29. The molecule has 180 valence electrons. The molecule has 2 aromatic rings. The lowest BCUT2D eigenvalue weighted by Gasteiger charge is -2.26. The Morgan fingerprint density at radius 2 is 1.64 bits per heavy atom. The number of anilines is 4. The lowest BCUT2D eigenvalue weighted by molar-refractivity contribution is 0.338. The Morgan fingerprint density at radius 1 is 0.939 bits per heavy atom. The van der Waals surface area contributed by atoms with Crippen molar-refractivity contribution in [3.8, 4) is 5.75 Å². The number of methoxy groups -OCH3 is 1. The summed E-state index contributed by atoms with van der Waals surface area (Å²) in [5, 5.41) is 10.8. The third kappa shape index (κ3) is 7.08. The van der Waals surface area contributed by atoms with Crippen molar-refractivity contribution in [3.05, 3.63) is 23.2 Å². The number of halogens is 1. The zero-order valence-corrected chi connectivity index (χ0v) is 20.2. The minimum Gasteiger partial charge on any atom is -0.495 e. The van der Waals surface area contributed by atoms with Crippen molar-refractivity contribution in [1.29, 1.82) is 0 Å². The molecule has 5 N–H and O–H groups in total. The molecular formula is C24H36ClN7O. The van der Waals surface area contributed by atoms with Crippen LogP contribution in [0.15, 0.2) is 18.2 Å². The van der Waals surface area contributed by atoms with E-state index in [2.05, 4.69) is 30.9 Å². The van der Waals surface area contributed by atoms with Gasteiger partial charge >= 0.3 is 0 Å². The largest absolute Gasteiger partial charge is 0.495 e. The molecule has 1 aromatic carbocycles. The van der Waals surface area contributed by atoms with E-state index in [1.54, 1.807) is 13.2 Å². The molecule has 9 heteroatoms. The van der Waals surface area contributed by atoms with Crippen molar-refractivity contribution in [3.63, 3.8) is 0 Å². The summed E-state index contributed by atoms with van der Waals surface area (Å²) in [6, 6.07) is 6.27. The van der Waals surface area contributed by atoms with Gasteiger partial charge in [-0.1, -0.05) is 37.3 Å². The van der Waals surface area contributed by atoms with E-state index in [0.717, 1.165) is 50.8 Å². The molecule has 2 aliphatic rings. The Balaban J connectivity index is 1.49. The predicted octanol–water partition coefficient (Wildman–Crippen LogP) is 5.34. The number of benzene rings is 1. The van der Waals surface area contributed by atoms with Crippen LogP contribution >= 0.6 is 11.6 Å². The van der Waals surface area contributed by atoms with E-state index in [1.165, 1.54) is 25.7 Å². The van der Waals surface area contributed by atoms with E-state index in [9.17, 15) is 0 Å². The Morgan fingerprint density at radius 3 is 2.33 bits per heavy atom. The van der Waals surface area contributed by atoms with Gasteiger partial charge in [-0.25, -0.2) is 0 Å². The van der Waals surface area contributed by atoms with Gasteiger partial charge in [0.15, 0.2) is 0 Å². The highest BCUT2D eigenvalue weighted by molar-refractivity contribution is 6.32. The molecule has 0 spiro atoms. The molecule has 33 heavy (non-hydrogen) atoms. The maximum absolute atomic E-state index is 6.30. The second-order valence-electron chi connectivity index (χ2n) is 9.28. The number of rotatable bonds is 8. The van der Waals surface area contributed by atoms with Crippen molar-refractivity contribution in [2.24, 2.45) is 11.7 Å². The minimum atomic E-state index is 0.348. The monoisotopic (exact) mass is 473 g/mol. The average Bonchev–Trinajstić information content (AvgIpc) is 3.07. The number of hydrogen-bond donors (Lipinski definition) is 4. The van der Waals surface area contributed by atoms with Crippen LogP contribution in [0.1, 0.15) is 64.2 Å². The zero-order valence-electron chi connectivity index (χ0n) is 19.4. The summed E-state index contributed by atoms with van der Waals surface area (Å²) < 4.78 is 5.25. The smallest absolute Gasteiger partial charge is 0.233 e. The highest BCUT2D eigenvalue weighted by atomic mass is 35.5. The van der Waals surface area contributed by atoms with E-state index >= 15 is 0 Å². The first-order valence-electron chi connectivity index (χ1n) is 12.2. The molecule has 4 rings (SSSR count). The van der Waals surface area contributed by atoms with E-state index in [4.69, 9.17) is 22.1 Å². The molecule has 0 radical (unpaired) electrons. The first kappa shape index (κ1) is 23.8. The predicted molar refractivity (Wildman–Crippen MR) is 135 cm³/mol. The van der Waals surface area contributed by atoms with E-state index in [1.807, 2.05) is 12.1 Å². The van der Waals surface area contributed by atoms with Crippen LogP contribution in [0.3, 0.4) is 0 Å². The molecule has 0 atom stereocenters.